The van der Waals surface area contributed by atoms with Crippen LogP contribution in [0.25, 0.3) is 0 Å². The van der Waals surface area contributed by atoms with E-state index in [1.54, 1.807) is 12.2 Å². The van der Waals surface area contributed by atoms with Gasteiger partial charge in [0.05, 0.1) is 12.6 Å². The Kier molecular flexibility index (Phi) is 8.03. The summed E-state index contributed by atoms with van der Waals surface area (Å²) < 4.78 is 0. The second kappa shape index (κ2) is 9.76. The molecular formula is C14H22N2O2. The van der Waals surface area contributed by atoms with Gasteiger partial charge in [-0.05, 0) is 31.6 Å². The summed E-state index contributed by atoms with van der Waals surface area (Å²) in [6, 6.07) is 0.164. The van der Waals surface area contributed by atoms with Crippen molar-refractivity contribution in [3.63, 3.8) is 0 Å². The van der Waals surface area contributed by atoms with Crippen molar-refractivity contribution in [2.45, 2.75) is 63.8 Å². The van der Waals surface area contributed by atoms with Gasteiger partial charge in [-0.2, -0.15) is 0 Å². The quantitative estimate of drug-likeness (QED) is 0.377. The van der Waals surface area contributed by atoms with Gasteiger partial charge in [0, 0.05) is 0 Å². The smallest absolute Gasteiger partial charge is 0.211 e. The molecule has 1 unspecified atom stereocenters. The molecule has 0 heterocycles. The molecule has 0 saturated heterocycles. The number of isocyanates is 2. The van der Waals surface area contributed by atoms with Crippen LogP contribution >= 0.6 is 0 Å². The summed E-state index contributed by atoms with van der Waals surface area (Å²) in [6.45, 7) is 0.564. The minimum atomic E-state index is 0.164. The van der Waals surface area contributed by atoms with Crippen LogP contribution in [-0.4, -0.2) is 24.7 Å². The highest BCUT2D eigenvalue weighted by Crippen LogP contribution is 2.30. The maximum atomic E-state index is 10.5. The fourth-order valence-corrected chi connectivity index (χ4v) is 2.76. The molecule has 1 aliphatic rings. The lowest BCUT2D eigenvalue weighted by Gasteiger charge is -2.26. The first-order chi connectivity index (χ1) is 8.88. The van der Waals surface area contributed by atoms with E-state index >= 15 is 0 Å². The molecule has 0 N–H and O–H groups in total. The van der Waals surface area contributed by atoms with Gasteiger partial charge in [0.15, 0.2) is 0 Å². The normalized spacial score (nSPS) is 17.6. The topological polar surface area (TPSA) is 58.9 Å². The van der Waals surface area contributed by atoms with Gasteiger partial charge in [-0.15, -0.1) is 0 Å². The fraction of sp³-hybridized carbons (Fsp3) is 0.857. The molecule has 4 nitrogen and oxygen atoms in total. The summed E-state index contributed by atoms with van der Waals surface area (Å²) >= 11 is 0. The van der Waals surface area contributed by atoms with Crippen LogP contribution in [0, 0.1) is 5.92 Å². The maximum Gasteiger partial charge on any atom is 0.235 e. The lowest BCUT2D eigenvalue weighted by Crippen LogP contribution is -2.21. The third kappa shape index (κ3) is 5.90. The maximum absolute atomic E-state index is 10.5. The molecule has 0 amide bonds. The van der Waals surface area contributed by atoms with Crippen LogP contribution in [0.5, 0.6) is 0 Å². The summed E-state index contributed by atoms with van der Waals surface area (Å²) in [6.07, 6.45) is 13.5. The molecule has 100 valence electrons. The molecule has 1 saturated carbocycles. The number of carbonyl (C=O) groups excluding carboxylic acids is 2. The highest BCUT2D eigenvalue weighted by Gasteiger charge is 2.22. The highest BCUT2D eigenvalue weighted by atomic mass is 16.1. The van der Waals surface area contributed by atoms with Gasteiger partial charge in [-0.25, -0.2) is 19.6 Å². The molecule has 0 aromatic carbocycles. The van der Waals surface area contributed by atoms with E-state index in [9.17, 15) is 9.59 Å². The molecule has 0 spiro atoms. The van der Waals surface area contributed by atoms with E-state index in [1.807, 2.05) is 0 Å². The Morgan fingerprint density at radius 1 is 1.00 bits per heavy atom. The molecular weight excluding hydrogens is 228 g/mol. The zero-order chi connectivity index (χ0) is 13.1. The first-order valence-electron chi connectivity index (χ1n) is 6.99. The summed E-state index contributed by atoms with van der Waals surface area (Å²) in [4.78, 5) is 27.9. The van der Waals surface area contributed by atoms with E-state index in [-0.39, 0.29) is 6.04 Å². The van der Waals surface area contributed by atoms with E-state index in [4.69, 9.17) is 0 Å². The van der Waals surface area contributed by atoms with Gasteiger partial charge < -0.3 is 0 Å². The summed E-state index contributed by atoms with van der Waals surface area (Å²) in [5, 5.41) is 0. The molecule has 0 bridgehead atoms. The molecule has 0 radical (unpaired) electrons. The molecule has 1 atom stereocenters. The van der Waals surface area contributed by atoms with Crippen molar-refractivity contribution < 1.29 is 9.59 Å². The molecule has 4 heteroatoms. The molecule has 18 heavy (non-hydrogen) atoms. The minimum Gasteiger partial charge on any atom is -0.211 e. The van der Waals surface area contributed by atoms with Crippen molar-refractivity contribution >= 4 is 12.2 Å². The van der Waals surface area contributed by atoms with Crippen LogP contribution in [0.4, 0.5) is 0 Å². The van der Waals surface area contributed by atoms with Gasteiger partial charge in [0.1, 0.15) is 0 Å². The van der Waals surface area contributed by atoms with Crippen LogP contribution in [0.15, 0.2) is 9.98 Å². The molecule has 1 fully saturated rings. The monoisotopic (exact) mass is 250 g/mol. The summed E-state index contributed by atoms with van der Waals surface area (Å²) in [5.74, 6) is 0.577. The zero-order valence-corrected chi connectivity index (χ0v) is 10.9. The van der Waals surface area contributed by atoms with Crippen LogP contribution in [0.1, 0.15) is 57.8 Å². The highest BCUT2D eigenvalue weighted by molar-refractivity contribution is 5.33. The fourth-order valence-electron chi connectivity index (χ4n) is 2.76. The van der Waals surface area contributed by atoms with Gasteiger partial charge in [-0.3, -0.25) is 0 Å². The minimum absolute atomic E-state index is 0.164. The number of aliphatic imine (C=N–C) groups is 2. The molecule has 0 aliphatic heterocycles. The first-order valence-corrected chi connectivity index (χ1v) is 6.99. The number of hydrogen-bond donors (Lipinski definition) is 0. The Balaban J connectivity index is 2.24. The van der Waals surface area contributed by atoms with Crippen molar-refractivity contribution in [2.75, 3.05) is 6.54 Å². The summed E-state index contributed by atoms with van der Waals surface area (Å²) in [5.41, 5.74) is 0. The lowest BCUT2D eigenvalue weighted by molar-refractivity contribution is 0.291. The Labute approximate surface area is 109 Å². The number of hydrogen-bond acceptors (Lipinski definition) is 4. The zero-order valence-electron chi connectivity index (χ0n) is 10.9. The largest absolute Gasteiger partial charge is 0.235 e. The first kappa shape index (κ1) is 14.8. The van der Waals surface area contributed by atoms with E-state index in [1.165, 1.54) is 32.1 Å². The van der Waals surface area contributed by atoms with E-state index in [2.05, 4.69) is 9.98 Å². The van der Waals surface area contributed by atoms with E-state index < -0.39 is 0 Å². The third-order valence-corrected chi connectivity index (χ3v) is 3.75. The standard InChI is InChI=1S/C14H22N2O2/c17-11-15-10-6-2-5-9-14(16-12-18)13-7-3-1-4-8-13/h13-14H,1-10H2. The van der Waals surface area contributed by atoms with Crippen molar-refractivity contribution in [2.24, 2.45) is 15.9 Å². The molecule has 0 aromatic heterocycles. The Bertz CT molecular complexity index is 312. The van der Waals surface area contributed by atoms with Gasteiger partial charge in [-0.1, -0.05) is 32.1 Å². The third-order valence-electron chi connectivity index (χ3n) is 3.75. The Hall–Kier alpha value is -1.24. The van der Waals surface area contributed by atoms with Crippen molar-refractivity contribution in [1.29, 1.82) is 0 Å². The predicted molar refractivity (Wildman–Crippen MR) is 69.9 cm³/mol. The Morgan fingerprint density at radius 2 is 1.78 bits per heavy atom. The second-order valence-corrected chi connectivity index (χ2v) is 5.01. The summed E-state index contributed by atoms with van der Waals surface area (Å²) in [7, 11) is 0. The Morgan fingerprint density at radius 3 is 2.44 bits per heavy atom. The van der Waals surface area contributed by atoms with Crippen molar-refractivity contribution in [3.05, 3.63) is 0 Å². The van der Waals surface area contributed by atoms with Gasteiger partial charge in [0.2, 0.25) is 12.2 Å². The van der Waals surface area contributed by atoms with Crippen LogP contribution in [-0.2, 0) is 9.59 Å². The van der Waals surface area contributed by atoms with E-state index in [0.717, 1.165) is 25.7 Å². The average molecular weight is 250 g/mol. The van der Waals surface area contributed by atoms with Crippen LogP contribution < -0.4 is 0 Å². The number of rotatable bonds is 8. The van der Waals surface area contributed by atoms with Crippen LogP contribution in [0.2, 0.25) is 0 Å². The van der Waals surface area contributed by atoms with Gasteiger partial charge >= 0.3 is 0 Å². The molecule has 0 aromatic rings. The molecule has 1 aliphatic carbocycles. The van der Waals surface area contributed by atoms with Crippen molar-refractivity contribution in [3.8, 4) is 0 Å². The molecule has 1 rings (SSSR count). The predicted octanol–water partition coefficient (Wildman–Crippen LogP) is 3.17. The van der Waals surface area contributed by atoms with Crippen LogP contribution in [0.3, 0.4) is 0 Å². The van der Waals surface area contributed by atoms with Crippen molar-refractivity contribution in [1.82, 2.24) is 0 Å². The number of unbranched alkanes of at least 4 members (excludes halogenated alkanes) is 2. The second-order valence-electron chi connectivity index (χ2n) is 5.01. The lowest BCUT2D eigenvalue weighted by atomic mass is 9.82. The number of nitrogens with zero attached hydrogens (tertiary/aromatic N) is 2. The van der Waals surface area contributed by atoms with Gasteiger partial charge in [0.25, 0.3) is 0 Å². The SMILES string of the molecule is O=C=NCCCCCC(N=C=O)C1CCCCC1. The van der Waals surface area contributed by atoms with E-state index in [0.29, 0.717) is 12.5 Å². The average Bonchev–Trinajstić information content (AvgIpc) is 2.42.